The first-order chi connectivity index (χ1) is 7.63. The molecule has 88 valence electrons. The molecule has 1 unspecified atom stereocenters. The van der Waals surface area contributed by atoms with Gasteiger partial charge in [0.2, 0.25) is 0 Å². The Labute approximate surface area is 97.1 Å². The molecule has 1 aliphatic heterocycles. The molecule has 0 aromatic carbocycles. The van der Waals surface area contributed by atoms with Gasteiger partial charge in [0, 0.05) is 24.2 Å². The predicted octanol–water partition coefficient (Wildman–Crippen LogP) is 1.99. The largest absolute Gasteiger partial charge is 0.396 e. The number of nitrogens with zero attached hydrogens (tertiary/aromatic N) is 2. The maximum absolute atomic E-state index is 9.42. The lowest BCUT2D eigenvalue weighted by Gasteiger charge is -2.40. The molecule has 1 aromatic heterocycles. The Balaban J connectivity index is 2.16. The van der Waals surface area contributed by atoms with Gasteiger partial charge in [0.25, 0.3) is 0 Å². The third-order valence-corrected chi connectivity index (χ3v) is 3.36. The highest BCUT2D eigenvalue weighted by Crippen LogP contribution is 2.30. The van der Waals surface area contributed by atoms with Crippen LogP contribution in [0.2, 0.25) is 0 Å². The van der Waals surface area contributed by atoms with Gasteiger partial charge in [0.05, 0.1) is 6.61 Å². The summed E-state index contributed by atoms with van der Waals surface area (Å²) < 4.78 is 0. The average Bonchev–Trinajstić information content (AvgIpc) is 2.29. The lowest BCUT2D eigenvalue weighted by Crippen LogP contribution is -2.44. The molecule has 2 rings (SSSR count). The molecule has 1 aromatic rings. The highest BCUT2D eigenvalue weighted by atomic mass is 16.3. The number of hydrogen-bond acceptors (Lipinski definition) is 3. The first-order valence-corrected chi connectivity index (χ1v) is 5.92. The Morgan fingerprint density at radius 2 is 2.31 bits per heavy atom. The van der Waals surface area contributed by atoms with Gasteiger partial charge in [0.15, 0.2) is 0 Å². The van der Waals surface area contributed by atoms with Gasteiger partial charge in [-0.25, -0.2) is 4.98 Å². The molecule has 0 saturated carbocycles. The molecule has 0 amide bonds. The van der Waals surface area contributed by atoms with Crippen LogP contribution >= 0.6 is 0 Å². The van der Waals surface area contributed by atoms with Crippen molar-refractivity contribution in [1.29, 1.82) is 0 Å². The van der Waals surface area contributed by atoms with Crippen LogP contribution in [0.3, 0.4) is 0 Å². The molecule has 0 aliphatic carbocycles. The van der Waals surface area contributed by atoms with E-state index in [1.54, 1.807) is 0 Å². The van der Waals surface area contributed by atoms with Crippen LogP contribution in [-0.2, 0) is 0 Å². The van der Waals surface area contributed by atoms with Crippen LogP contribution in [0.25, 0.3) is 0 Å². The maximum atomic E-state index is 9.42. The highest BCUT2D eigenvalue weighted by molar-refractivity contribution is 5.40. The van der Waals surface area contributed by atoms with Crippen molar-refractivity contribution in [2.45, 2.75) is 26.7 Å². The Morgan fingerprint density at radius 1 is 1.50 bits per heavy atom. The second-order valence-corrected chi connectivity index (χ2v) is 5.13. The topological polar surface area (TPSA) is 36.4 Å². The monoisotopic (exact) mass is 220 g/mol. The van der Waals surface area contributed by atoms with Crippen LogP contribution in [-0.4, -0.2) is 29.8 Å². The van der Waals surface area contributed by atoms with Gasteiger partial charge < -0.3 is 10.0 Å². The van der Waals surface area contributed by atoms with Crippen LogP contribution in [0.15, 0.2) is 18.2 Å². The maximum Gasteiger partial charge on any atom is 0.128 e. The summed E-state index contributed by atoms with van der Waals surface area (Å²) in [5, 5.41) is 9.42. The number of piperidine rings is 1. The number of aliphatic hydroxyl groups excluding tert-OH is 1. The van der Waals surface area contributed by atoms with Gasteiger partial charge >= 0.3 is 0 Å². The summed E-state index contributed by atoms with van der Waals surface area (Å²) >= 11 is 0. The summed E-state index contributed by atoms with van der Waals surface area (Å²) in [4.78, 5) is 6.83. The van der Waals surface area contributed by atoms with Gasteiger partial charge in [-0.1, -0.05) is 13.0 Å². The van der Waals surface area contributed by atoms with E-state index in [2.05, 4.69) is 22.9 Å². The van der Waals surface area contributed by atoms with Crippen molar-refractivity contribution < 1.29 is 5.11 Å². The molecule has 1 saturated heterocycles. The molecule has 1 atom stereocenters. The molecular weight excluding hydrogens is 200 g/mol. The predicted molar refractivity (Wildman–Crippen MR) is 65.6 cm³/mol. The zero-order valence-corrected chi connectivity index (χ0v) is 10.1. The Morgan fingerprint density at radius 3 is 3.00 bits per heavy atom. The van der Waals surface area contributed by atoms with Gasteiger partial charge in [-0.05, 0) is 31.9 Å². The minimum Gasteiger partial charge on any atom is -0.396 e. The molecule has 0 spiro atoms. The molecule has 0 radical (unpaired) electrons. The minimum absolute atomic E-state index is 0.0314. The first kappa shape index (κ1) is 11.4. The Hall–Kier alpha value is -1.09. The fourth-order valence-electron chi connectivity index (χ4n) is 2.34. The van der Waals surface area contributed by atoms with E-state index in [1.807, 2.05) is 19.1 Å². The number of pyridine rings is 1. The van der Waals surface area contributed by atoms with Crippen LogP contribution in [0, 0.1) is 12.3 Å². The van der Waals surface area contributed by atoms with Gasteiger partial charge in [-0.2, -0.15) is 0 Å². The zero-order valence-electron chi connectivity index (χ0n) is 10.1. The van der Waals surface area contributed by atoms with E-state index in [0.717, 1.165) is 37.4 Å². The summed E-state index contributed by atoms with van der Waals surface area (Å²) in [5.74, 6) is 1.04. The standard InChI is InChI=1S/C13H20N2O/c1-11-5-3-6-12(14-11)15-8-4-7-13(2,9-15)10-16/h3,5-6,16H,4,7-10H2,1-2H3. The number of anilines is 1. The summed E-state index contributed by atoms with van der Waals surface area (Å²) in [5.41, 5.74) is 1.08. The number of rotatable bonds is 2. The van der Waals surface area contributed by atoms with E-state index in [9.17, 15) is 5.11 Å². The lowest BCUT2D eigenvalue weighted by molar-refractivity contribution is 0.123. The highest BCUT2D eigenvalue weighted by Gasteiger charge is 2.30. The molecule has 16 heavy (non-hydrogen) atoms. The summed E-state index contributed by atoms with van der Waals surface area (Å²) in [7, 11) is 0. The van der Waals surface area contributed by atoms with Crippen LogP contribution in [0.5, 0.6) is 0 Å². The smallest absolute Gasteiger partial charge is 0.128 e. The fourth-order valence-corrected chi connectivity index (χ4v) is 2.34. The Bertz CT molecular complexity index is 367. The van der Waals surface area contributed by atoms with Crippen molar-refractivity contribution in [2.75, 3.05) is 24.6 Å². The normalized spacial score (nSPS) is 25.8. The van der Waals surface area contributed by atoms with Gasteiger partial charge in [-0.3, -0.25) is 0 Å². The SMILES string of the molecule is Cc1cccc(N2CCCC(C)(CO)C2)n1. The van der Waals surface area contributed by atoms with Gasteiger partial charge in [0.1, 0.15) is 5.82 Å². The number of aryl methyl sites for hydroxylation is 1. The van der Waals surface area contributed by atoms with Crippen molar-refractivity contribution in [2.24, 2.45) is 5.41 Å². The molecule has 3 nitrogen and oxygen atoms in total. The molecule has 1 fully saturated rings. The van der Waals surface area contributed by atoms with E-state index in [1.165, 1.54) is 0 Å². The van der Waals surface area contributed by atoms with Crippen molar-refractivity contribution in [3.63, 3.8) is 0 Å². The second-order valence-electron chi connectivity index (χ2n) is 5.13. The number of aliphatic hydroxyl groups is 1. The average molecular weight is 220 g/mol. The van der Waals surface area contributed by atoms with Crippen LogP contribution in [0.4, 0.5) is 5.82 Å². The summed E-state index contributed by atoms with van der Waals surface area (Å²) in [6, 6.07) is 6.11. The molecule has 1 aliphatic rings. The summed E-state index contributed by atoms with van der Waals surface area (Å²) in [6.45, 7) is 6.37. The van der Waals surface area contributed by atoms with E-state index in [0.29, 0.717) is 0 Å². The molecule has 2 heterocycles. The minimum atomic E-state index is 0.0314. The number of aromatic nitrogens is 1. The lowest BCUT2D eigenvalue weighted by atomic mass is 9.83. The second kappa shape index (κ2) is 4.42. The van der Waals surface area contributed by atoms with Crippen LogP contribution < -0.4 is 4.90 Å². The van der Waals surface area contributed by atoms with E-state index < -0.39 is 0 Å². The fraction of sp³-hybridized carbons (Fsp3) is 0.615. The van der Waals surface area contributed by atoms with Crippen molar-refractivity contribution >= 4 is 5.82 Å². The van der Waals surface area contributed by atoms with Gasteiger partial charge in [-0.15, -0.1) is 0 Å². The molecule has 1 N–H and O–H groups in total. The van der Waals surface area contributed by atoms with Crippen molar-refractivity contribution in [3.05, 3.63) is 23.9 Å². The molecular formula is C13H20N2O. The Kier molecular flexibility index (Phi) is 3.15. The van der Waals surface area contributed by atoms with Crippen molar-refractivity contribution in [1.82, 2.24) is 4.98 Å². The third-order valence-electron chi connectivity index (χ3n) is 3.36. The van der Waals surface area contributed by atoms with E-state index in [-0.39, 0.29) is 12.0 Å². The number of hydrogen-bond donors (Lipinski definition) is 1. The zero-order chi connectivity index (χ0) is 11.6. The van der Waals surface area contributed by atoms with E-state index >= 15 is 0 Å². The summed E-state index contributed by atoms with van der Waals surface area (Å²) in [6.07, 6.45) is 2.23. The van der Waals surface area contributed by atoms with E-state index in [4.69, 9.17) is 0 Å². The molecule has 3 heteroatoms. The third kappa shape index (κ3) is 2.35. The quantitative estimate of drug-likeness (QED) is 0.828. The van der Waals surface area contributed by atoms with Crippen LogP contribution in [0.1, 0.15) is 25.5 Å². The first-order valence-electron chi connectivity index (χ1n) is 5.92. The van der Waals surface area contributed by atoms with Crippen molar-refractivity contribution in [3.8, 4) is 0 Å². The molecule has 0 bridgehead atoms.